The third kappa shape index (κ3) is 4.02. The van der Waals surface area contributed by atoms with Gasteiger partial charge in [0.25, 0.3) is 0 Å². The maximum atomic E-state index is 15.6. The highest BCUT2D eigenvalue weighted by atomic mass is 32.2. The van der Waals surface area contributed by atoms with E-state index in [-0.39, 0.29) is 17.9 Å². The van der Waals surface area contributed by atoms with Gasteiger partial charge in [0.05, 0.1) is 12.0 Å². The minimum absolute atomic E-state index is 0.00799. The number of benzene rings is 1. The van der Waals surface area contributed by atoms with E-state index in [1.165, 1.54) is 25.1 Å². The van der Waals surface area contributed by atoms with Crippen LogP contribution >= 0.6 is 0 Å². The van der Waals surface area contributed by atoms with Gasteiger partial charge in [-0.3, -0.25) is 4.21 Å². The van der Waals surface area contributed by atoms with Crippen LogP contribution < -0.4 is 0 Å². The minimum atomic E-state index is -2.54. The smallest absolute Gasteiger partial charge is 0.344 e. The maximum absolute atomic E-state index is 15.6. The predicted molar refractivity (Wildman–Crippen MR) is 92.7 cm³/mol. The summed E-state index contributed by atoms with van der Waals surface area (Å²) in [5.74, 6) is -1.93. The minimum Gasteiger partial charge on any atom is -0.464 e. The van der Waals surface area contributed by atoms with E-state index < -0.39 is 38.4 Å². The molecule has 24 heavy (non-hydrogen) atoms. The Hall–Kier alpha value is -1.30. The van der Waals surface area contributed by atoms with Gasteiger partial charge in [-0.25, -0.2) is 13.6 Å². The van der Waals surface area contributed by atoms with Crippen molar-refractivity contribution in [2.75, 3.05) is 12.4 Å². The summed E-state index contributed by atoms with van der Waals surface area (Å²) in [6.45, 7) is 9.33. The lowest BCUT2D eigenvalue weighted by Gasteiger charge is -2.40. The summed E-state index contributed by atoms with van der Waals surface area (Å²) in [4.78, 5) is 12.2. The van der Waals surface area contributed by atoms with Crippen molar-refractivity contribution < 1.29 is 22.5 Å². The molecule has 0 aliphatic carbocycles. The van der Waals surface area contributed by atoms with Gasteiger partial charge in [0.15, 0.2) is 0 Å². The number of carbonyl (C=O) groups is 1. The molecule has 0 bridgehead atoms. The van der Waals surface area contributed by atoms with E-state index in [1.807, 2.05) is 0 Å². The lowest BCUT2D eigenvalue weighted by Crippen LogP contribution is -2.55. The zero-order chi connectivity index (χ0) is 18.8. The molecule has 0 aliphatic rings. The Bertz CT molecular complexity index is 623. The van der Waals surface area contributed by atoms with Crippen molar-refractivity contribution in [2.45, 2.75) is 57.4 Å². The summed E-state index contributed by atoms with van der Waals surface area (Å²) in [7, 11) is -1.50. The van der Waals surface area contributed by atoms with Crippen LogP contribution in [0, 0.1) is 5.82 Å². The van der Waals surface area contributed by atoms with Crippen LogP contribution in [0.5, 0.6) is 0 Å². The SMILES string of the molecule is CCOC(=O)[C@](C)(F)[C@](C)(C[S@](=O)C(C)(C)C)c1ccccc1F. The van der Waals surface area contributed by atoms with Crippen molar-refractivity contribution in [3.63, 3.8) is 0 Å². The van der Waals surface area contributed by atoms with Crippen molar-refractivity contribution in [2.24, 2.45) is 0 Å². The zero-order valence-corrected chi connectivity index (χ0v) is 15.9. The van der Waals surface area contributed by atoms with Crippen LogP contribution in [0.15, 0.2) is 24.3 Å². The number of hydrogen-bond acceptors (Lipinski definition) is 3. The Labute approximate surface area is 145 Å². The number of carbonyl (C=O) groups excluding carboxylic acids is 1. The zero-order valence-electron chi connectivity index (χ0n) is 15.1. The summed E-state index contributed by atoms with van der Waals surface area (Å²) >= 11 is 0. The Balaban J connectivity index is 3.50. The van der Waals surface area contributed by atoms with Crippen molar-refractivity contribution in [1.82, 2.24) is 0 Å². The van der Waals surface area contributed by atoms with Crippen molar-refractivity contribution in [3.8, 4) is 0 Å². The molecule has 0 aliphatic heterocycles. The van der Waals surface area contributed by atoms with Crippen LogP contribution in [-0.2, 0) is 25.7 Å². The van der Waals surface area contributed by atoms with Crippen LogP contribution in [0.25, 0.3) is 0 Å². The van der Waals surface area contributed by atoms with E-state index in [4.69, 9.17) is 4.74 Å². The highest BCUT2D eigenvalue weighted by Crippen LogP contribution is 2.42. The first kappa shape index (κ1) is 20.7. The third-order valence-electron chi connectivity index (χ3n) is 4.27. The van der Waals surface area contributed by atoms with E-state index in [9.17, 15) is 13.4 Å². The second kappa shape index (κ2) is 7.30. The van der Waals surface area contributed by atoms with Crippen LogP contribution in [0.3, 0.4) is 0 Å². The number of ether oxygens (including phenoxy) is 1. The normalized spacial score (nSPS) is 18.3. The third-order valence-corrected chi connectivity index (χ3v) is 6.47. The summed E-state index contributed by atoms with van der Waals surface area (Å²) in [6, 6.07) is 5.68. The van der Waals surface area contributed by atoms with Crippen molar-refractivity contribution in [1.29, 1.82) is 0 Å². The number of hydrogen-bond donors (Lipinski definition) is 0. The van der Waals surface area contributed by atoms with Gasteiger partial charge in [-0.15, -0.1) is 0 Å². The summed E-state index contributed by atoms with van der Waals surface area (Å²) in [6.07, 6.45) is 0. The standard InChI is InChI=1S/C18H26F2O3S/c1-7-23-15(21)18(6,20)17(5,12-24(22)16(2,3)4)13-10-8-9-11-14(13)19/h8-11H,7,12H2,1-6H3/t17-,18+,24+/m1/s1. The molecule has 0 spiro atoms. The highest BCUT2D eigenvalue weighted by Gasteiger charge is 2.55. The lowest BCUT2D eigenvalue weighted by atomic mass is 9.71. The molecule has 0 saturated heterocycles. The largest absolute Gasteiger partial charge is 0.464 e. The molecular weight excluding hydrogens is 334 g/mol. The fourth-order valence-electron chi connectivity index (χ4n) is 2.35. The van der Waals surface area contributed by atoms with Gasteiger partial charge in [0, 0.05) is 21.3 Å². The molecule has 0 aromatic heterocycles. The average Bonchev–Trinajstić information content (AvgIpc) is 2.46. The quantitative estimate of drug-likeness (QED) is 0.722. The van der Waals surface area contributed by atoms with E-state index in [0.717, 1.165) is 6.92 Å². The van der Waals surface area contributed by atoms with Gasteiger partial charge in [-0.05, 0) is 46.2 Å². The van der Waals surface area contributed by atoms with Gasteiger partial charge in [0.2, 0.25) is 5.67 Å². The number of alkyl halides is 1. The molecule has 0 radical (unpaired) electrons. The molecule has 0 fully saturated rings. The molecule has 0 saturated carbocycles. The van der Waals surface area contributed by atoms with Crippen LogP contribution in [0.2, 0.25) is 0 Å². The molecule has 0 N–H and O–H groups in total. The van der Waals surface area contributed by atoms with Crippen LogP contribution in [0.4, 0.5) is 8.78 Å². The average molecular weight is 360 g/mol. The first-order chi connectivity index (χ1) is 10.9. The first-order valence-corrected chi connectivity index (χ1v) is 9.19. The molecule has 1 aromatic carbocycles. The topological polar surface area (TPSA) is 43.4 Å². The molecule has 1 aromatic rings. The van der Waals surface area contributed by atoms with E-state index in [0.29, 0.717) is 0 Å². The lowest BCUT2D eigenvalue weighted by molar-refractivity contribution is -0.160. The first-order valence-electron chi connectivity index (χ1n) is 7.87. The summed E-state index contributed by atoms with van der Waals surface area (Å²) in [5.41, 5.74) is -4.16. The van der Waals surface area contributed by atoms with Gasteiger partial charge in [-0.1, -0.05) is 25.1 Å². The van der Waals surface area contributed by atoms with Gasteiger partial charge in [-0.2, -0.15) is 0 Å². The van der Waals surface area contributed by atoms with Crippen LogP contribution in [-0.4, -0.2) is 33.0 Å². The molecule has 6 heteroatoms. The second-order valence-electron chi connectivity index (χ2n) is 7.14. The number of halogens is 2. The number of esters is 1. The molecule has 0 heterocycles. The second-order valence-corrected chi connectivity index (χ2v) is 9.34. The Morgan fingerprint density at radius 2 is 1.71 bits per heavy atom. The highest BCUT2D eigenvalue weighted by molar-refractivity contribution is 7.86. The van der Waals surface area contributed by atoms with Gasteiger partial charge < -0.3 is 4.74 Å². The molecule has 3 atom stereocenters. The predicted octanol–water partition coefficient (Wildman–Crippen LogP) is 3.92. The molecule has 3 nitrogen and oxygen atoms in total. The molecular formula is C18H26F2O3S. The van der Waals surface area contributed by atoms with Crippen molar-refractivity contribution in [3.05, 3.63) is 35.6 Å². The maximum Gasteiger partial charge on any atom is 0.344 e. The molecule has 0 amide bonds. The van der Waals surface area contributed by atoms with Crippen LogP contribution in [0.1, 0.15) is 47.1 Å². The van der Waals surface area contributed by atoms with E-state index in [2.05, 4.69) is 0 Å². The molecule has 136 valence electrons. The van der Waals surface area contributed by atoms with Crippen molar-refractivity contribution >= 4 is 16.8 Å². The molecule has 0 unspecified atom stereocenters. The van der Waals surface area contributed by atoms with E-state index in [1.54, 1.807) is 33.8 Å². The Kier molecular flexibility index (Phi) is 6.31. The summed E-state index contributed by atoms with van der Waals surface area (Å²) in [5, 5.41) is 0. The van der Waals surface area contributed by atoms with E-state index >= 15 is 4.39 Å². The Morgan fingerprint density at radius 1 is 1.17 bits per heavy atom. The van der Waals surface area contributed by atoms with Gasteiger partial charge >= 0.3 is 5.97 Å². The molecule has 1 rings (SSSR count). The number of rotatable bonds is 6. The fraction of sp³-hybridized carbons (Fsp3) is 0.611. The van der Waals surface area contributed by atoms with Gasteiger partial charge in [0.1, 0.15) is 5.82 Å². The summed E-state index contributed by atoms with van der Waals surface area (Å²) < 4.78 is 46.8. The Morgan fingerprint density at radius 3 is 2.17 bits per heavy atom. The fourth-order valence-corrected chi connectivity index (χ4v) is 3.73. The monoisotopic (exact) mass is 360 g/mol.